The minimum absolute atomic E-state index is 0.255. The van der Waals surface area contributed by atoms with Gasteiger partial charge in [0.15, 0.2) is 6.10 Å². The summed E-state index contributed by atoms with van der Waals surface area (Å²) in [4.78, 5) is 10.8. The molecular weight excluding hydrogens is 200 g/mol. The van der Waals surface area contributed by atoms with Crippen LogP contribution in [0.4, 0.5) is 0 Å². The quantitative estimate of drug-likeness (QED) is 0.576. The largest absolute Gasteiger partial charge is 0.479 e. The van der Waals surface area contributed by atoms with Crippen molar-refractivity contribution in [2.24, 2.45) is 5.41 Å². The van der Waals surface area contributed by atoms with Gasteiger partial charge < -0.3 is 20.1 Å². The van der Waals surface area contributed by atoms with E-state index in [-0.39, 0.29) is 17.9 Å². The van der Waals surface area contributed by atoms with Crippen LogP contribution >= 0.6 is 0 Å². The molecule has 1 aliphatic rings. The predicted molar refractivity (Wildman–Crippen MR) is 52.4 cm³/mol. The maximum absolute atomic E-state index is 10.8. The SMILES string of the molecule is CC(C)(C)[C@@H]1C[C@H](O)[C@@H](O)[C@H](C(=O)O)O1. The maximum atomic E-state index is 10.8. The van der Waals surface area contributed by atoms with Crippen molar-refractivity contribution in [2.75, 3.05) is 0 Å². The van der Waals surface area contributed by atoms with Gasteiger partial charge in [-0.25, -0.2) is 4.79 Å². The van der Waals surface area contributed by atoms with E-state index in [1.54, 1.807) is 0 Å². The Morgan fingerprint density at radius 3 is 2.27 bits per heavy atom. The van der Waals surface area contributed by atoms with Crippen molar-refractivity contribution < 1.29 is 24.9 Å². The summed E-state index contributed by atoms with van der Waals surface area (Å²) >= 11 is 0. The fraction of sp³-hybridized carbons (Fsp3) is 0.900. The van der Waals surface area contributed by atoms with Gasteiger partial charge in [0.05, 0.1) is 12.2 Å². The predicted octanol–water partition coefficient (Wildman–Crippen LogP) is -0.00360. The number of carbonyl (C=O) groups is 1. The molecule has 1 fully saturated rings. The highest BCUT2D eigenvalue weighted by atomic mass is 16.5. The molecule has 15 heavy (non-hydrogen) atoms. The number of aliphatic carboxylic acids is 1. The molecule has 0 unspecified atom stereocenters. The molecule has 1 heterocycles. The van der Waals surface area contributed by atoms with E-state index < -0.39 is 24.3 Å². The van der Waals surface area contributed by atoms with Crippen LogP contribution in [0.2, 0.25) is 0 Å². The molecule has 88 valence electrons. The van der Waals surface area contributed by atoms with Crippen LogP contribution in [0, 0.1) is 5.41 Å². The number of hydrogen-bond acceptors (Lipinski definition) is 4. The van der Waals surface area contributed by atoms with Gasteiger partial charge in [-0.2, -0.15) is 0 Å². The van der Waals surface area contributed by atoms with Gasteiger partial charge in [0, 0.05) is 6.42 Å². The monoisotopic (exact) mass is 218 g/mol. The van der Waals surface area contributed by atoms with Crippen LogP contribution in [0.5, 0.6) is 0 Å². The smallest absolute Gasteiger partial charge is 0.335 e. The van der Waals surface area contributed by atoms with Crippen molar-refractivity contribution >= 4 is 5.97 Å². The summed E-state index contributed by atoms with van der Waals surface area (Å²) in [6.07, 6.45) is -3.82. The van der Waals surface area contributed by atoms with Crippen molar-refractivity contribution in [3.8, 4) is 0 Å². The van der Waals surface area contributed by atoms with Gasteiger partial charge in [-0.1, -0.05) is 20.8 Å². The topological polar surface area (TPSA) is 87.0 Å². The molecule has 3 N–H and O–H groups in total. The van der Waals surface area contributed by atoms with Crippen molar-refractivity contribution in [2.45, 2.75) is 51.6 Å². The van der Waals surface area contributed by atoms with E-state index in [0.717, 1.165) is 0 Å². The Balaban J connectivity index is 2.80. The Bertz CT molecular complexity index is 245. The van der Waals surface area contributed by atoms with E-state index in [1.165, 1.54) is 0 Å². The molecule has 0 saturated carbocycles. The fourth-order valence-corrected chi connectivity index (χ4v) is 1.64. The molecule has 0 aromatic rings. The summed E-state index contributed by atoms with van der Waals surface area (Å²) in [6.45, 7) is 5.71. The number of rotatable bonds is 1. The molecule has 1 aliphatic heterocycles. The summed E-state index contributed by atoms with van der Waals surface area (Å²) in [7, 11) is 0. The van der Waals surface area contributed by atoms with Crippen LogP contribution in [-0.2, 0) is 9.53 Å². The third kappa shape index (κ3) is 2.68. The Morgan fingerprint density at radius 1 is 1.33 bits per heavy atom. The lowest BCUT2D eigenvalue weighted by molar-refractivity contribution is -0.207. The lowest BCUT2D eigenvalue weighted by Crippen LogP contribution is -2.54. The molecule has 0 radical (unpaired) electrons. The first kappa shape index (κ1) is 12.4. The average molecular weight is 218 g/mol. The number of aliphatic hydroxyl groups excluding tert-OH is 2. The van der Waals surface area contributed by atoms with Gasteiger partial charge in [0.2, 0.25) is 0 Å². The normalized spacial score (nSPS) is 37.7. The zero-order valence-corrected chi connectivity index (χ0v) is 9.17. The van der Waals surface area contributed by atoms with Crippen LogP contribution < -0.4 is 0 Å². The minimum atomic E-state index is -1.35. The Labute approximate surface area is 88.7 Å². The molecule has 1 rings (SSSR count). The zero-order chi connectivity index (χ0) is 11.8. The second-order valence-electron chi connectivity index (χ2n) is 5.04. The van der Waals surface area contributed by atoms with Crippen LogP contribution in [0.3, 0.4) is 0 Å². The summed E-state index contributed by atoms with van der Waals surface area (Å²) in [5.41, 5.74) is -0.255. The highest BCUT2D eigenvalue weighted by Crippen LogP contribution is 2.32. The van der Waals surface area contributed by atoms with Gasteiger partial charge >= 0.3 is 5.97 Å². The van der Waals surface area contributed by atoms with Crippen LogP contribution in [0.25, 0.3) is 0 Å². The lowest BCUT2D eigenvalue weighted by atomic mass is 9.82. The number of ether oxygens (including phenoxy) is 1. The minimum Gasteiger partial charge on any atom is -0.479 e. The van der Waals surface area contributed by atoms with Crippen LogP contribution in [0.1, 0.15) is 27.2 Å². The van der Waals surface area contributed by atoms with E-state index in [4.69, 9.17) is 9.84 Å². The number of hydrogen-bond donors (Lipinski definition) is 3. The first-order valence-corrected chi connectivity index (χ1v) is 4.98. The highest BCUT2D eigenvalue weighted by Gasteiger charge is 2.44. The van der Waals surface area contributed by atoms with Gasteiger partial charge in [0.25, 0.3) is 0 Å². The standard InChI is InChI=1S/C10H18O5/c1-10(2,3)6-4-5(11)7(12)8(15-6)9(13)14/h5-8,11-12H,4H2,1-3H3,(H,13,14)/t5-,6-,7+,8+/m0/s1. The molecule has 5 nitrogen and oxygen atoms in total. The summed E-state index contributed by atoms with van der Waals surface area (Å²) in [5.74, 6) is -1.24. The van der Waals surface area contributed by atoms with Crippen molar-refractivity contribution in [3.05, 3.63) is 0 Å². The summed E-state index contributed by atoms with van der Waals surface area (Å²) < 4.78 is 5.29. The molecule has 5 heteroatoms. The Morgan fingerprint density at radius 2 is 1.87 bits per heavy atom. The second kappa shape index (κ2) is 4.08. The average Bonchev–Trinajstić information content (AvgIpc) is 2.06. The first-order chi connectivity index (χ1) is 6.73. The fourth-order valence-electron chi connectivity index (χ4n) is 1.64. The molecule has 0 spiro atoms. The first-order valence-electron chi connectivity index (χ1n) is 4.98. The lowest BCUT2D eigenvalue weighted by Gasteiger charge is -2.41. The van der Waals surface area contributed by atoms with E-state index in [0.29, 0.717) is 0 Å². The van der Waals surface area contributed by atoms with E-state index in [1.807, 2.05) is 20.8 Å². The summed E-state index contributed by atoms with van der Waals surface area (Å²) in [5, 5.41) is 27.8. The van der Waals surface area contributed by atoms with Gasteiger partial charge in [0.1, 0.15) is 6.10 Å². The van der Waals surface area contributed by atoms with Crippen LogP contribution in [-0.4, -0.2) is 45.7 Å². The number of aliphatic hydroxyl groups is 2. The van der Waals surface area contributed by atoms with E-state index in [9.17, 15) is 15.0 Å². The molecule has 0 aliphatic carbocycles. The second-order valence-corrected chi connectivity index (χ2v) is 5.04. The Hall–Kier alpha value is -0.650. The third-order valence-electron chi connectivity index (χ3n) is 2.68. The van der Waals surface area contributed by atoms with Gasteiger partial charge in [-0.3, -0.25) is 0 Å². The molecule has 1 saturated heterocycles. The molecular formula is C10H18O5. The Kier molecular flexibility index (Phi) is 3.38. The van der Waals surface area contributed by atoms with Gasteiger partial charge in [-0.15, -0.1) is 0 Å². The highest BCUT2D eigenvalue weighted by molar-refractivity contribution is 5.73. The van der Waals surface area contributed by atoms with Crippen molar-refractivity contribution in [1.82, 2.24) is 0 Å². The molecule has 0 aromatic carbocycles. The maximum Gasteiger partial charge on any atom is 0.335 e. The molecule has 0 aromatic heterocycles. The van der Waals surface area contributed by atoms with Crippen LogP contribution in [0.15, 0.2) is 0 Å². The van der Waals surface area contributed by atoms with E-state index in [2.05, 4.69) is 0 Å². The van der Waals surface area contributed by atoms with Crippen molar-refractivity contribution in [1.29, 1.82) is 0 Å². The summed E-state index contributed by atoms with van der Waals surface area (Å²) in [6, 6.07) is 0. The van der Waals surface area contributed by atoms with Gasteiger partial charge in [-0.05, 0) is 5.41 Å². The molecule has 0 bridgehead atoms. The third-order valence-corrected chi connectivity index (χ3v) is 2.68. The van der Waals surface area contributed by atoms with E-state index >= 15 is 0 Å². The number of carboxylic acids is 1. The molecule has 4 atom stereocenters. The number of carboxylic acid groups (broad SMARTS) is 1. The zero-order valence-electron chi connectivity index (χ0n) is 9.17. The van der Waals surface area contributed by atoms with Crippen molar-refractivity contribution in [3.63, 3.8) is 0 Å². The molecule has 0 amide bonds.